The lowest BCUT2D eigenvalue weighted by atomic mass is 10.2. The first-order valence-corrected chi connectivity index (χ1v) is 6.03. The van der Waals surface area contributed by atoms with Gasteiger partial charge < -0.3 is 19.4 Å². The van der Waals surface area contributed by atoms with Crippen molar-refractivity contribution in [3.05, 3.63) is 23.0 Å². The maximum Gasteiger partial charge on any atom is 0.120 e. The molecule has 0 aliphatic rings. The van der Waals surface area contributed by atoms with Gasteiger partial charge in [0.2, 0.25) is 0 Å². The van der Waals surface area contributed by atoms with Crippen LogP contribution in [-0.4, -0.2) is 38.0 Å². The SMILES string of the molecule is COCCOCCNCc1cc(C#N)n(C)c1C. The van der Waals surface area contributed by atoms with Crippen molar-refractivity contribution in [2.75, 3.05) is 33.5 Å². The second-order valence-corrected chi connectivity index (χ2v) is 4.09. The summed E-state index contributed by atoms with van der Waals surface area (Å²) in [6, 6.07) is 4.10. The number of nitriles is 1. The third kappa shape index (κ3) is 4.15. The van der Waals surface area contributed by atoms with Crippen LogP contribution in [-0.2, 0) is 23.1 Å². The van der Waals surface area contributed by atoms with Gasteiger partial charge in [0.05, 0.1) is 19.8 Å². The molecule has 0 aromatic carbocycles. The van der Waals surface area contributed by atoms with E-state index in [9.17, 15) is 0 Å². The highest BCUT2D eigenvalue weighted by Crippen LogP contribution is 2.12. The average Bonchev–Trinajstić information content (AvgIpc) is 2.65. The fourth-order valence-corrected chi connectivity index (χ4v) is 1.66. The molecule has 100 valence electrons. The molecule has 5 nitrogen and oxygen atoms in total. The standard InChI is InChI=1S/C13H21N3O2/c1-11-12(8-13(9-14)16(11)2)10-15-4-5-18-7-6-17-3/h8,15H,4-7,10H2,1-3H3. The van der Waals surface area contributed by atoms with Crippen LogP contribution in [0.5, 0.6) is 0 Å². The molecule has 1 aromatic heterocycles. The fourth-order valence-electron chi connectivity index (χ4n) is 1.66. The van der Waals surface area contributed by atoms with Crippen LogP contribution in [0.25, 0.3) is 0 Å². The highest BCUT2D eigenvalue weighted by atomic mass is 16.5. The van der Waals surface area contributed by atoms with E-state index in [1.807, 2.05) is 24.6 Å². The van der Waals surface area contributed by atoms with Gasteiger partial charge in [-0.2, -0.15) is 5.26 Å². The Hall–Kier alpha value is -1.35. The highest BCUT2D eigenvalue weighted by Gasteiger charge is 2.07. The Morgan fingerprint density at radius 2 is 2.17 bits per heavy atom. The van der Waals surface area contributed by atoms with Crippen molar-refractivity contribution < 1.29 is 9.47 Å². The van der Waals surface area contributed by atoms with E-state index >= 15 is 0 Å². The molecule has 0 radical (unpaired) electrons. The summed E-state index contributed by atoms with van der Waals surface area (Å²) in [6.07, 6.45) is 0. The van der Waals surface area contributed by atoms with E-state index in [4.69, 9.17) is 14.7 Å². The van der Waals surface area contributed by atoms with E-state index in [0.29, 0.717) is 25.5 Å². The third-order valence-electron chi connectivity index (χ3n) is 2.93. The Morgan fingerprint density at radius 3 is 2.78 bits per heavy atom. The zero-order valence-corrected chi connectivity index (χ0v) is 11.3. The molecular weight excluding hydrogens is 230 g/mol. The molecule has 0 saturated heterocycles. The van der Waals surface area contributed by atoms with Crippen molar-refractivity contribution in [2.45, 2.75) is 13.5 Å². The number of hydrogen-bond acceptors (Lipinski definition) is 4. The molecule has 0 unspecified atom stereocenters. The Bertz CT molecular complexity index is 407. The minimum absolute atomic E-state index is 0.626. The van der Waals surface area contributed by atoms with Crippen LogP contribution in [0.2, 0.25) is 0 Å². The van der Waals surface area contributed by atoms with E-state index < -0.39 is 0 Å². The van der Waals surface area contributed by atoms with Gasteiger partial charge in [0.1, 0.15) is 11.8 Å². The van der Waals surface area contributed by atoms with Crippen molar-refractivity contribution in [3.8, 4) is 6.07 Å². The van der Waals surface area contributed by atoms with Crippen LogP contribution in [0.4, 0.5) is 0 Å². The molecule has 18 heavy (non-hydrogen) atoms. The summed E-state index contributed by atoms with van der Waals surface area (Å²) in [5, 5.41) is 12.2. The topological polar surface area (TPSA) is 59.2 Å². The van der Waals surface area contributed by atoms with Crippen LogP contribution >= 0.6 is 0 Å². The smallest absolute Gasteiger partial charge is 0.120 e. The second kappa shape index (κ2) is 7.88. The normalized spacial score (nSPS) is 10.6. The summed E-state index contributed by atoms with van der Waals surface area (Å²) in [6.45, 7) is 5.49. The van der Waals surface area contributed by atoms with Gasteiger partial charge in [0.25, 0.3) is 0 Å². The molecule has 0 saturated carbocycles. The number of aromatic nitrogens is 1. The molecule has 0 bridgehead atoms. The first kappa shape index (κ1) is 14.7. The summed E-state index contributed by atoms with van der Waals surface area (Å²) < 4.78 is 12.1. The fraction of sp³-hybridized carbons (Fsp3) is 0.615. The van der Waals surface area contributed by atoms with Crippen molar-refractivity contribution in [2.24, 2.45) is 7.05 Å². The first-order chi connectivity index (χ1) is 8.70. The van der Waals surface area contributed by atoms with Gasteiger partial charge in [-0.25, -0.2) is 0 Å². The van der Waals surface area contributed by atoms with Crippen LogP contribution < -0.4 is 5.32 Å². The number of nitrogens with zero attached hydrogens (tertiary/aromatic N) is 2. The second-order valence-electron chi connectivity index (χ2n) is 4.09. The van der Waals surface area contributed by atoms with Gasteiger partial charge in [-0.3, -0.25) is 0 Å². The number of ether oxygens (including phenoxy) is 2. The molecule has 0 fully saturated rings. The van der Waals surface area contributed by atoms with Crippen molar-refractivity contribution in [1.29, 1.82) is 5.26 Å². The summed E-state index contributed by atoms with van der Waals surface area (Å²) in [4.78, 5) is 0. The number of hydrogen-bond donors (Lipinski definition) is 1. The zero-order chi connectivity index (χ0) is 13.4. The first-order valence-electron chi connectivity index (χ1n) is 6.03. The van der Waals surface area contributed by atoms with Crippen molar-refractivity contribution in [3.63, 3.8) is 0 Å². The molecule has 5 heteroatoms. The number of nitrogens with one attached hydrogen (secondary N) is 1. The summed E-state index contributed by atoms with van der Waals surface area (Å²) >= 11 is 0. The Labute approximate surface area is 108 Å². The van der Waals surface area contributed by atoms with Gasteiger partial charge in [0, 0.05) is 32.9 Å². The lowest BCUT2D eigenvalue weighted by molar-refractivity contribution is 0.0719. The molecule has 0 atom stereocenters. The van der Waals surface area contributed by atoms with E-state index in [0.717, 1.165) is 24.3 Å². The predicted octanol–water partition coefficient (Wildman–Crippen LogP) is 0.958. The highest BCUT2D eigenvalue weighted by molar-refractivity contribution is 5.33. The molecule has 1 aromatic rings. The monoisotopic (exact) mass is 251 g/mol. The van der Waals surface area contributed by atoms with E-state index in [2.05, 4.69) is 11.4 Å². The third-order valence-corrected chi connectivity index (χ3v) is 2.93. The van der Waals surface area contributed by atoms with Gasteiger partial charge in [-0.05, 0) is 18.6 Å². The quantitative estimate of drug-likeness (QED) is 0.699. The van der Waals surface area contributed by atoms with Gasteiger partial charge in [0.15, 0.2) is 0 Å². The van der Waals surface area contributed by atoms with E-state index in [1.165, 1.54) is 0 Å². The van der Waals surface area contributed by atoms with Crippen molar-refractivity contribution >= 4 is 0 Å². The lowest BCUT2D eigenvalue weighted by Crippen LogP contribution is -2.20. The largest absolute Gasteiger partial charge is 0.382 e. The lowest BCUT2D eigenvalue weighted by Gasteiger charge is -2.06. The van der Waals surface area contributed by atoms with Gasteiger partial charge in [-0.1, -0.05) is 0 Å². The molecular formula is C13H21N3O2. The number of rotatable bonds is 8. The molecule has 0 aliphatic carbocycles. The molecule has 1 heterocycles. The van der Waals surface area contributed by atoms with E-state index in [1.54, 1.807) is 7.11 Å². The number of methoxy groups -OCH3 is 1. The molecule has 1 rings (SSSR count). The van der Waals surface area contributed by atoms with Gasteiger partial charge in [-0.15, -0.1) is 0 Å². The van der Waals surface area contributed by atoms with Crippen LogP contribution in [0.15, 0.2) is 6.07 Å². The Kier molecular flexibility index (Phi) is 6.44. The zero-order valence-electron chi connectivity index (χ0n) is 11.3. The maximum atomic E-state index is 8.93. The molecule has 0 spiro atoms. The Balaban J connectivity index is 2.26. The minimum Gasteiger partial charge on any atom is -0.382 e. The molecule has 0 amide bonds. The Morgan fingerprint density at radius 1 is 1.39 bits per heavy atom. The summed E-state index contributed by atoms with van der Waals surface area (Å²) in [7, 11) is 3.57. The molecule has 1 N–H and O–H groups in total. The summed E-state index contributed by atoms with van der Waals surface area (Å²) in [5.74, 6) is 0. The van der Waals surface area contributed by atoms with Crippen molar-refractivity contribution in [1.82, 2.24) is 9.88 Å². The summed E-state index contributed by atoms with van der Waals surface area (Å²) in [5.41, 5.74) is 2.98. The van der Waals surface area contributed by atoms with Crippen LogP contribution in [0, 0.1) is 18.3 Å². The van der Waals surface area contributed by atoms with E-state index in [-0.39, 0.29) is 0 Å². The average molecular weight is 251 g/mol. The minimum atomic E-state index is 0.626. The predicted molar refractivity (Wildman–Crippen MR) is 69.3 cm³/mol. The van der Waals surface area contributed by atoms with Gasteiger partial charge >= 0.3 is 0 Å². The van der Waals surface area contributed by atoms with Crippen LogP contribution in [0.1, 0.15) is 17.0 Å². The molecule has 0 aliphatic heterocycles. The maximum absolute atomic E-state index is 8.93. The van der Waals surface area contributed by atoms with Crippen LogP contribution in [0.3, 0.4) is 0 Å².